The molecule has 2 rings (SSSR count). The minimum absolute atomic E-state index is 0.327. The van der Waals surface area contributed by atoms with E-state index in [0.717, 1.165) is 24.3 Å². The van der Waals surface area contributed by atoms with Gasteiger partial charge < -0.3 is 4.74 Å². The van der Waals surface area contributed by atoms with E-state index < -0.39 is 41.4 Å². The van der Waals surface area contributed by atoms with Crippen LogP contribution in [-0.4, -0.2) is 6.61 Å². The van der Waals surface area contributed by atoms with Gasteiger partial charge in [-0.25, -0.2) is 0 Å². The van der Waals surface area contributed by atoms with Crippen molar-refractivity contribution in [1.29, 1.82) is 0 Å². The molecule has 2 aromatic rings. The molecule has 0 spiro atoms. The highest BCUT2D eigenvalue weighted by Gasteiger charge is 2.37. The van der Waals surface area contributed by atoms with Crippen LogP contribution in [0.1, 0.15) is 11.1 Å². The van der Waals surface area contributed by atoms with E-state index in [1.165, 1.54) is 0 Å². The molecule has 0 atom stereocenters. The molecule has 0 aliphatic heterocycles. The monoisotopic (exact) mass is 356 g/mol. The Balaban J connectivity index is 2.66. The second-order valence-corrected chi connectivity index (χ2v) is 4.64. The van der Waals surface area contributed by atoms with Crippen molar-refractivity contribution < 1.29 is 39.9 Å². The summed E-state index contributed by atoms with van der Waals surface area (Å²) in [5.41, 5.74) is -3.47. The van der Waals surface area contributed by atoms with Gasteiger partial charge in [-0.1, -0.05) is 24.3 Å². The summed E-state index contributed by atoms with van der Waals surface area (Å²) in [5, 5.41) is 0. The predicted octanol–water partition coefficient (Wildman–Crippen LogP) is 5.99. The third-order valence-electron chi connectivity index (χ3n) is 3.03. The lowest BCUT2D eigenvalue weighted by molar-refractivity contribution is -0.142. The number of rotatable bonds is 3. The van der Waals surface area contributed by atoms with Gasteiger partial charge in [0.15, 0.2) is 0 Å². The maximum atomic E-state index is 13.0. The Morgan fingerprint density at radius 3 is 1.96 bits per heavy atom. The van der Waals surface area contributed by atoms with Crippen LogP contribution in [0.25, 0.3) is 11.1 Å². The summed E-state index contributed by atoms with van der Waals surface area (Å²) in [7, 11) is 0. The van der Waals surface area contributed by atoms with Crippen LogP contribution in [0.2, 0.25) is 0 Å². The van der Waals surface area contributed by atoms with E-state index in [9.17, 15) is 35.1 Å². The van der Waals surface area contributed by atoms with Gasteiger partial charge in [-0.15, -0.1) is 0 Å². The van der Waals surface area contributed by atoms with Crippen LogP contribution in [0, 0.1) is 0 Å². The van der Waals surface area contributed by atoms with Gasteiger partial charge in [-0.3, -0.25) is 0 Å². The van der Waals surface area contributed by atoms with Crippen molar-refractivity contribution >= 4 is 0 Å². The Morgan fingerprint density at radius 2 is 1.42 bits per heavy atom. The van der Waals surface area contributed by atoms with Crippen LogP contribution >= 0.6 is 0 Å². The van der Waals surface area contributed by atoms with Gasteiger partial charge in [0.25, 0.3) is 0 Å². The van der Waals surface area contributed by atoms with E-state index in [2.05, 4.69) is 4.74 Å². The first-order valence-corrected chi connectivity index (χ1v) is 6.33. The Bertz CT molecular complexity index is 718. The second-order valence-electron chi connectivity index (χ2n) is 4.64. The summed E-state index contributed by atoms with van der Waals surface area (Å²) in [6, 6.07) is 5.69. The molecule has 2 aromatic carbocycles. The summed E-state index contributed by atoms with van der Waals surface area (Å²) in [4.78, 5) is 0. The van der Waals surface area contributed by atoms with E-state index in [4.69, 9.17) is 0 Å². The zero-order valence-corrected chi connectivity index (χ0v) is 11.6. The third-order valence-corrected chi connectivity index (χ3v) is 3.03. The number of alkyl halides is 8. The lowest BCUT2D eigenvalue weighted by Gasteiger charge is -2.18. The van der Waals surface area contributed by atoms with E-state index >= 15 is 0 Å². The average Bonchev–Trinajstić information content (AvgIpc) is 2.45. The van der Waals surface area contributed by atoms with Crippen LogP contribution < -0.4 is 4.74 Å². The topological polar surface area (TPSA) is 9.23 Å². The smallest absolute Gasteiger partial charge is 0.419 e. The molecule has 0 saturated heterocycles. The quantitative estimate of drug-likeness (QED) is 0.614. The highest BCUT2D eigenvalue weighted by atomic mass is 19.4. The van der Waals surface area contributed by atoms with Gasteiger partial charge in [0.05, 0.1) is 11.1 Å². The Morgan fingerprint density at radius 1 is 0.792 bits per heavy atom. The molecule has 0 aliphatic carbocycles. The molecule has 0 amide bonds. The van der Waals surface area contributed by atoms with Crippen LogP contribution in [0.5, 0.6) is 5.75 Å². The van der Waals surface area contributed by atoms with Gasteiger partial charge in [0, 0.05) is 5.56 Å². The van der Waals surface area contributed by atoms with Crippen molar-refractivity contribution in [2.24, 2.45) is 0 Å². The van der Waals surface area contributed by atoms with Crippen molar-refractivity contribution in [2.45, 2.75) is 19.0 Å². The normalized spacial score (nSPS) is 12.5. The third kappa shape index (κ3) is 3.95. The summed E-state index contributed by atoms with van der Waals surface area (Å²) in [6.07, 6.45) is -9.75. The van der Waals surface area contributed by atoms with Crippen molar-refractivity contribution in [3.8, 4) is 16.9 Å². The van der Waals surface area contributed by atoms with Gasteiger partial charge in [-0.2, -0.15) is 35.1 Å². The van der Waals surface area contributed by atoms with Crippen LogP contribution in [-0.2, 0) is 12.4 Å². The zero-order chi connectivity index (χ0) is 18.1. The van der Waals surface area contributed by atoms with Crippen molar-refractivity contribution in [1.82, 2.24) is 0 Å². The number of para-hydroxylation sites is 1. The molecule has 0 aliphatic rings. The highest BCUT2D eigenvalue weighted by molar-refractivity contribution is 5.73. The Hall–Kier alpha value is -2.32. The van der Waals surface area contributed by atoms with Gasteiger partial charge >= 0.3 is 19.0 Å². The molecule has 0 heterocycles. The molecule has 0 saturated carbocycles. The van der Waals surface area contributed by atoms with Crippen molar-refractivity contribution in [3.63, 3.8) is 0 Å². The van der Waals surface area contributed by atoms with Gasteiger partial charge in [0.2, 0.25) is 0 Å². The SMILES string of the molecule is FC(F)Oc1c(-c2cccc(C(F)(F)F)c2)cccc1C(F)(F)F. The fraction of sp³-hybridized carbons (Fsp3) is 0.200. The lowest BCUT2D eigenvalue weighted by atomic mass is 9.99. The van der Waals surface area contributed by atoms with E-state index in [-0.39, 0.29) is 5.56 Å². The fourth-order valence-electron chi connectivity index (χ4n) is 2.07. The average molecular weight is 356 g/mol. The molecular weight excluding hydrogens is 348 g/mol. The number of benzene rings is 2. The number of hydrogen-bond acceptors (Lipinski definition) is 1. The molecular formula is C15H8F8O. The Labute approximate surface area is 130 Å². The first kappa shape index (κ1) is 18.0. The van der Waals surface area contributed by atoms with Crippen molar-refractivity contribution in [3.05, 3.63) is 53.6 Å². The molecule has 1 nitrogen and oxygen atoms in total. The number of hydrogen-bond donors (Lipinski definition) is 0. The molecule has 9 heteroatoms. The number of ether oxygens (including phenoxy) is 1. The minimum atomic E-state index is -5.01. The molecule has 130 valence electrons. The van der Waals surface area contributed by atoms with Crippen LogP contribution in [0.15, 0.2) is 42.5 Å². The standard InChI is InChI=1S/C15H8F8O/c16-13(17)24-12-10(5-2-6-11(12)15(21,22)23)8-3-1-4-9(7-8)14(18,19)20/h1-7,13H. The zero-order valence-electron chi connectivity index (χ0n) is 11.6. The van der Waals surface area contributed by atoms with E-state index in [0.29, 0.717) is 18.2 Å². The van der Waals surface area contributed by atoms with Gasteiger partial charge in [0.1, 0.15) is 5.75 Å². The summed E-state index contributed by atoms with van der Waals surface area (Å²) in [5.74, 6) is -1.22. The van der Waals surface area contributed by atoms with Crippen molar-refractivity contribution in [2.75, 3.05) is 0 Å². The maximum absolute atomic E-state index is 13.0. The first-order chi connectivity index (χ1) is 11.0. The second kappa shape index (κ2) is 6.29. The highest BCUT2D eigenvalue weighted by Crippen LogP contribution is 2.43. The first-order valence-electron chi connectivity index (χ1n) is 6.33. The van der Waals surface area contributed by atoms with Gasteiger partial charge in [-0.05, 0) is 23.8 Å². The molecule has 0 aromatic heterocycles. The summed E-state index contributed by atoms with van der Waals surface area (Å²) in [6.45, 7) is -3.57. The largest absolute Gasteiger partial charge is 0.434 e. The minimum Gasteiger partial charge on any atom is -0.434 e. The molecule has 0 N–H and O–H groups in total. The predicted molar refractivity (Wildman–Crippen MR) is 68.5 cm³/mol. The van der Waals surface area contributed by atoms with E-state index in [1.807, 2.05) is 0 Å². The molecule has 0 bridgehead atoms. The van der Waals surface area contributed by atoms with E-state index in [1.54, 1.807) is 0 Å². The number of halogens is 8. The molecule has 0 radical (unpaired) electrons. The van der Waals surface area contributed by atoms with Crippen LogP contribution in [0.4, 0.5) is 35.1 Å². The maximum Gasteiger partial charge on any atom is 0.419 e. The lowest BCUT2D eigenvalue weighted by Crippen LogP contribution is -2.12. The van der Waals surface area contributed by atoms with Crippen LogP contribution in [0.3, 0.4) is 0 Å². The fourth-order valence-corrected chi connectivity index (χ4v) is 2.07. The summed E-state index contributed by atoms with van der Waals surface area (Å²) < 4.78 is 106. The molecule has 24 heavy (non-hydrogen) atoms. The molecule has 0 fully saturated rings. The summed E-state index contributed by atoms with van der Waals surface area (Å²) >= 11 is 0. The molecule has 0 unspecified atom stereocenters. The Kier molecular flexibility index (Phi) is 4.73.